The highest BCUT2D eigenvalue weighted by Gasteiger charge is 2.30. The second-order valence-electron chi connectivity index (χ2n) is 8.09. The van der Waals surface area contributed by atoms with E-state index < -0.39 is 23.3 Å². The summed E-state index contributed by atoms with van der Waals surface area (Å²) < 4.78 is 2.41. The van der Waals surface area contributed by atoms with Gasteiger partial charge in [0.1, 0.15) is 5.56 Å². The molecule has 3 aromatic rings. The molecule has 0 spiro atoms. The molecule has 10 heteroatoms. The van der Waals surface area contributed by atoms with E-state index in [0.717, 1.165) is 22.9 Å². The fraction of sp³-hybridized carbons (Fsp3) is 0.381. The molecule has 1 saturated carbocycles. The summed E-state index contributed by atoms with van der Waals surface area (Å²) in [7, 11) is 0. The molecule has 0 aliphatic heterocycles. The second kappa shape index (κ2) is 8.21. The summed E-state index contributed by atoms with van der Waals surface area (Å²) in [5, 5.41) is 20.3. The fourth-order valence-electron chi connectivity index (χ4n) is 3.35. The zero-order chi connectivity index (χ0) is 22.1. The maximum Gasteiger partial charge on any atom is 0.270 e. The lowest BCUT2D eigenvalue weighted by atomic mass is 10.2. The molecule has 0 atom stereocenters. The summed E-state index contributed by atoms with van der Waals surface area (Å²) >= 11 is 0. The summed E-state index contributed by atoms with van der Waals surface area (Å²) in [6, 6.07) is 3.58. The van der Waals surface area contributed by atoms with Gasteiger partial charge in [0.05, 0.1) is 6.20 Å². The smallest absolute Gasteiger partial charge is 0.270 e. The summed E-state index contributed by atoms with van der Waals surface area (Å²) in [5.74, 6) is -1.61. The molecular formula is C21H24N6O4. The highest BCUT2D eigenvalue weighted by molar-refractivity contribution is 6.01. The number of nitrogens with one attached hydrogen (secondary N) is 2. The van der Waals surface area contributed by atoms with Crippen molar-refractivity contribution < 1.29 is 14.7 Å². The maximum atomic E-state index is 13.2. The van der Waals surface area contributed by atoms with Crippen LogP contribution in [0.4, 0.5) is 0 Å². The number of amides is 2. The molecule has 4 rings (SSSR count). The minimum atomic E-state index is -0.652. The molecule has 0 bridgehead atoms. The quantitative estimate of drug-likeness (QED) is 0.520. The molecule has 3 N–H and O–H groups in total. The van der Waals surface area contributed by atoms with Gasteiger partial charge in [-0.05, 0) is 36.5 Å². The van der Waals surface area contributed by atoms with Gasteiger partial charge in [-0.2, -0.15) is 9.61 Å². The van der Waals surface area contributed by atoms with Crippen LogP contribution in [-0.4, -0.2) is 42.1 Å². The number of fused-ring (bicyclic) bond motifs is 1. The predicted molar refractivity (Wildman–Crippen MR) is 112 cm³/mol. The Morgan fingerprint density at radius 1 is 1.23 bits per heavy atom. The monoisotopic (exact) mass is 424 g/mol. The molecule has 31 heavy (non-hydrogen) atoms. The average molecular weight is 424 g/mol. The highest BCUT2D eigenvalue weighted by atomic mass is 16.3. The number of hydrogen-bond acceptors (Lipinski definition) is 6. The van der Waals surface area contributed by atoms with Gasteiger partial charge in [-0.3, -0.25) is 23.9 Å². The van der Waals surface area contributed by atoms with E-state index in [2.05, 4.69) is 20.7 Å². The lowest BCUT2D eigenvalue weighted by Gasteiger charge is -2.15. The number of nitrogens with zero attached hydrogens (tertiary/aromatic N) is 4. The Hall–Kier alpha value is -3.69. The van der Waals surface area contributed by atoms with Crippen LogP contribution in [0.3, 0.4) is 0 Å². The van der Waals surface area contributed by atoms with E-state index in [9.17, 15) is 19.5 Å². The molecule has 1 aliphatic carbocycles. The molecule has 162 valence electrons. The molecule has 3 heterocycles. The van der Waals surface area contributed by atoms with E-state index in [1.54, 1.807) is 24.5 Å². The lowest BCUT2D eigenvalue weighted by molar-refractivity contribution is 0.0940. The van der Waals surface area contributed by atoms with Crippen LogP contribution < -0.4 is 16.2 Å². The van der Waals surface area contributed by atoms with Crippen LogP contribution in [0.25, 0.3) is 5.65 Å². The van der Waals surface area contributed by atoms with E-state index in [1.807, 2.05) is 13.8 Å². The van der Waals surface area contributed by atoms with Crippen molar-refractivity contribution in [2.45, 2.75) is 45.8 Å². The van der Waals surface area contributed by atoms with Crippen LogP contribution in [0.2, 0.25) is 0 Å². The fourth-order valence-corrected chi connectivity index (χ4v) is 3.35. The number of carbonyl (C=O) groups is 2. The van der Waals surface area contributed by atoms with Crippen molar-refractivity contribution in [3.05, 3.63) is 57.8 Å². The first-order valence-corrected chi connectivity index (χ1v) is 10.2. The Morgan fingerprint density at radius 3 is 2.58 bits per heavy atom. The molecular weight excluding hydrogens is 400 g/mol. The van der Waals surface area contributed by atoms with Crippen LogP contribution in [0, 0.1) is 5.92 Å². The Morgan fingerprint density at radius 2 is 1.94 bits per heavy atom. The number of aromatic hydroxyl groups is 1. The van der Waals surface area contributed by atoms with Gasteiger partial charge in [-0.15, -0.1) is 0 Å². The largest absolute Gasteiger partial charge is 0.492 e. The van der Waals surface area contributed by atoms with Crippen LogP contribution in [0.15, 0.2) is 35.5 Å². The third-order valence-electron chi connectivity index (χ3n) is 5.02. The van der Waals surface area contributed by atoms with Gasteiger partial charge in [0.15, 0.2) is 11.2 Å². The number of aromatic nitrogens is 4. The zero-order valence-electron chi connectivity index (χ0n) is 17.3. The van der Waals surface area contributed by atoms with E-state index >= 15 is 0 Å². The number of carbonyl (C=O) groups excluding carboxylic acids is 2. The third kappa shape index (κ3) is 4.14. The van der Waals surface area contributed by atoms with E-state index in [-0.39, 0.29) is 41.8 Å². The van der Waals surface area contributed by atoms with Crippen LogP contribution in [0.1, 0.15) is 53.0 Å². The predicted octanol–water partition coefficient (Wildman–Crippen LogP) is 1.07. The van der Waals surface area contributed by atoms with Crippen molar-refractivity contribution in [2.75, 3.05) is 0 Å². The summed E-state index contributed by atoms with van der Waals surface area (Å²) in [6.07, 6.45) is 6.24. The van der Waals surface area contributed by atoms with Crippen molar-refractivity contribution in [3.8, 4) is 5.88 Å². The van der Waals surface area contributed by atoms with E-state index in [0.29, 0.717) is 0 Å². The number of rotatable bonds is 7. The van der Waals surface area contributed by atoms with Gasteiger partial charge >= 0.3 is 0 Å². The maximum absolute atomic E-state index is 13.2. The van der Waals surface area contributed by atoms with Crippen molar-refractivity contribution in [1.29, 1.82) is 0 Å². The zero-order valence-corrected chi connectivity index (χ0v) is 17.3. The Kier molecular flexibility index (Phi) is 5.45. The molecule has 2 amide bonds. The summed E-state index contributed by atoms with van der Waals surface area (Å²) in [6.45, 7) is 4.35. The Balaban J connectivity index is 1.76. The Labute approximate surface area is 177 Å². The van der Waals surface area contributed by atoms with Gasteiger partial charge < -0.3 is 15.7 Å². The van der Waals surface area contributed by atoms with Crippen molar-refractivity contribution in [1.82, 2.24) is 29.8 Å². The number of pyridine rings is 1. The van der Waals surface area contributed by atoms with Crippen LogP contribution >= 0.6 is 0 Å². The summed E-state index contributed by atoms with van der Waals surface area (Å²) in [5.41, 5.74) is 0.122. The van der Waals surface area contributed by atoms with Crippen LogP contribution in [-0.2, 0) is 13.1 Å². The van der Waals surface area contributed by atoms with Crippen molar-refractivity contribution in [2.24, 2.45) is 5.92 Å². The van der Waals surface area contributed by atoms with Crippen LogP contribution in [0.5, 0.6) is 5.88 Å². The third-order valence-corrected chi connectivity index (χ3v) is 5.02. The molecule has 0 saturated heterocycles. The Bertz CT molecular complexity index is 1190. The topological polar surface area (TPSA) is 131 Å². The minimum Gasteiger partial charge on any atom is -0.492 e. The minimum absolute atomic E-state index is 0.0210. The van der Waals surface area contributed by atoms with Gasteiger partial charge in [-0.25, -0.2) is 0 Å². The first-order chi connectivity index (χ1) is 14.9. The van der Waals surface area contributed by atoms with Crippen molar-refractivity contribution in [3.63, 3.8) is 0 Å². The summed E-state index contributed by atoms with van der Waals surface area (Å²) in [4.78, 5) is 42.6. The number of hydrogen-bond donors (Lipinski definition) is 3. The average Bonchev–Trinajstić information content (AvgIpc) is 3.43. The van der Waals surface area contributed by atoms with E-state index in [4.69, 9.17) is 0 Å². The SMILES string of the molecule is CC(C)Cn1c(=O)c(C(=O)NC2CC2)c(O)n2ncc(C(=O)NCc3ccncc3)c12. The molecule has 1 aliphatic rings. The first-order valence-electron chi connectivity index (χ1n) is 10.2. The molecule has 0 aromatic carbocycles. The molecule has 1 fully saturated rings. The van der Waals surface area contributed by atoms with Gasteiger partial charge in [0.25, 0.3) is 17.4 Å². The second-order valence-corrected chi connectivity index (χ2v) is 8.09. The normalized spacial score (nSPS) is 13.5. The highest BCUT2D eigenvalue weighted by Crippen LogP contribution is 2.23. The van der Waals surface area contributed by atoms with Gasteiger partial charge in [-0.1, -0.05) is 13.8 Å². The molecule has 3 aromatic heterocycles. The lowest BCUT2D eigenvalue weighted by Crippen LogP contribution is -2.36. The molecule has 0 unspecified atom stereocenters. The molecule has 10 nitrogen and oxygen atoms in total. The van der Waals surface area contributed by atoms with Gasteiger partial charge in [0, 0.05) is 31.5 Å². The molecule has 0 radical (unpaired) electrons. The van der Waals surface area contributed by atoms with Crippen molar-refractivity contribution >= 4 is 17.5 Å². The first kappa shape index (κ1) is 20.6. The van der Waals surface area contributed by atoms with E-state index in [1.165, 1.54) is 10.8 Å². The standard InChI is InChI=1S/C21H24N6O4/c1-12(2)11-26-19-15(17(28)23-9-13-5-7-22-8-6-13)10-24-27(19)21(31)16(20(26)30)18(29)25-14-3-4-14/h5-8,10,12,14,31H,3-4,9,11H2,1-2H3,(H,23,28)(H,25,29). The van der Waals surface area contributed by atoms with Gasteiger partial charge in [0.2, 0.25) is 5.88 Å².